The Kier molecular flexibility index (Phi) is 4.06. The van der Waals surface area contributed by atoms with Crippen molar-refractivity contribution in [3.05, 3.63) is 57.6 Å². The highest BCUT2D eigenvalue weighted by molar-refractivity contribution is 6.42. The Bertz CT molecular complexity index is 678. The van der Waals surface area contributed by atoms with Crippen LogP contribution < -0.4 is 4.74 Å². The third-order valence-corrected chi connectivity index (χ3v) is 3.13. The van der Waals surface area contributed by atoms with Gasteiger partial charge >= 0.3 is 0 Å². The van der Waals surface area contributed by atoms with Crippen LogP contribution in [0.15, 0.2) is 36.4 Å². The molecule has 0 heterocycles. The van der Waals surface area contributed by atoms with Crippen LogP contribution in [-0.4, -0.2) is 6.29 Å². The summed E-state index contributed by atoms with van der Waals surface area (Å²) in [6.07, 6.45) is 0.661. The van der Waals surface area contributed by atoms with E-state index in [9.17, 15) is 4.79 Å². The lowest BCUT2D eigenvalue weighted by Crippen LogP contribution is -1.91. The Hall–Kier alpha value is -2.02. The lowest BCUT2D eigenvalue weighted by molar-refractivity contribution is 0.112. The second-order valence-corrected chi connectivity index (χ2v) is 4.47. The molecule has 0 aromatic heterocycles. The lowest BCUT2D eigenvalue weighted by Gasteiger charge is -2.09. The van der Waals surface area contributed by atoms with E-state index in [0.717, 1.165) is 0 Å². The van der Waals surface area contributed by atoms with Gasteiger partial charge in [0.1, 0.15) is 11.5 Å². The number of carbonyl (C=O) groups excluding carboxylic acids is 1. The minimum atomic E-state index is 0.299. The molecule has 0 aliphatic carbocycles. The molecule has 0 unspecified atom stereocenters. The van der Waals surface area contributed by atoms with Crippen LogP contribution in [0, 0.1) is 11.3 Å². The molecule has 2 rings (SSSR count). The third kappa shape index (κ3) is 3.05. The van der Waals surface area contributed by atoms with Crippen molar-refractivity contribution in [3.8, 4) is 17.6 Å². The van der Waals surface area contributed by atoms with Crippen molar-refractivity contribution in [1.29, 1.82) is 5.26 Å². The summed E-state index contributed by atoms with van der Waals surface area (Å²) in [6, 6.07) is 11.3. The minimum Gasteiger partial charge on any atom is -0.457 e. The second kappa shape index (κ2) is 5.75. The molecule has 0 N–H and O–H groups in total. The van der Waals surface area contributed by atoms with Crippen LogP contribution in [0.25, 0.3) is 0 Å². The molecule has 3 nitrogen and oxygen atoms in total. The summed E-state index contributed by atoms with van der Waals surface area (Å²) in [5.74, 6) is 0.736. The first-order chi connectivity index (χ1) is 9.13. The van der Waals surface area contributed by atoms with Crippen molar-refractivity contribution in [2.24, 2.45) is 0 Å². The number of benzene rings is 2. The molecule has 5 heteroatoms. The van der Waals surface area contributed by atoms with Gasteiger partial charge in [-0.05, 0) is 30.3 Å². The van der Waals surface area contributed by atoms with Crippen LogP contribution in [0.1, 0.15) is 15.9 Å². The second-order valence-electron chi connectivity index (χ2n) is 3.66. The third-order valence-electron chi connectivity index (χ3n) is 2.39. The summed E-state index contributed by atoms with van der Waals surface area (Å²) in [6.45, 7) is 0. The Labute approximate surface area is 119 Å². The van der Waals surface area contributed by atoms with Crippen LogP contribution >= 0.6 is 23.2 Å². The van der Waals surface area contributed by atoms with Gasteiger partial charge in [0, 0.05) is 6.07 Å². The summed E-state index contributed by atoms with van der Waals surface area (Å²) < 4.78 is 5.55. The van der Waals surface area contributed by atoms with Gasteiger partial charge in [-0.3, -0.25) is 4.79 Å². The maximum Gasteiger partial charge on any atom is 0.153 e. The number of ether oxygens (including phenoxy) is 1. The first-order valence-electron chi connectivity index (χ1n) is 5.26. The molecule has 0 amide bonds. The fourth-order valence-corrected chi connectivity index (χ4v) is 1.75. The molecular formula is C14H7Cl2NO2. The van der Waals surface area contributed by atoms with E-state index in [1.165, 1.54) is 18.2 Å². The van der Waals surface area contributed by atoms with Crippen molar-refractivity contribution in [3.63, 3.8) is 0 Å². The van der Waals surface area contributed by atoms with E-state index < -0.39 is 0 Å². The van der Waals surface area contributed by atoms with Gasteiger partial charge in [-0.25, -0.2) is 0 Å². The standard InChI is InChI=1S/C14H7Cl2NO2/c15-12-4-3-11(6-13(12)16)19-14-5-9(7-17)1-2-10(14)8-18/h1-6,8H. The molecule has 0 spiro atoms. The zero-order valence-electron chi connectivity index (χ0n) is 9.56. The number of nitrogens with zero attached hydrogens (tertiary/aromatic N) is 1. The molecule has 0 saturated carbocycles. The zero-order valence-corrected chi connectivity index (χ0v) is 11.1. The molecule has 2 aromatic carbocycles. The minimum absolute atomic E-state index is 0.299. The van der Waals surface area contributed by atoms with Gasteiger partial charge in [0.15, 0.2) is 6.29 Å². The smallest absolute Gasteiger partial charge is 0.153 e. The predicted molar refractivity (Wildman–Crippen MR) is 73.1 cm³/mol. The number of aldehydes is 1. The highest BCUT2D eigenvalue weighted by Crippen LogP contribution is 2.31. The molecule has 0 fully saturated rings. The maximum absolute atomic E-state index is 10.9. The van der Waals surface area contributed by atoms with E-state index in [0.29, 0.717) is 39.0 Å². The van der Waals surface area contributed by atoms with Crippen LogP contribution in [0.5, 0.6) is 11.5 Å². The summed E-state index contributed by atoms with van der Waals surface area (Å²) in [5, 5.41) is 9.60. The van der Waals surface area contributed by atoms with Gasteiger partial charge in [-0.15, -0.1) is 0 Å². The Morgan fingerprint density at radius 3 is 2.53 bits per heavy atom. The van der Waals surface area contributed by atoms with Gasteiger partial charge < -0.3 is 4.74 Å². The monoisotopic (exact) mass is 291 g/mol. The fraction of sp³-hybridized carbons (Fsp3) is 0. The summed E-state index contributed by atoms with van der Waals surface area (Å²) in [7, 11) is 0. The fourth-order valence-electron chi connectivity index (χ4n) is 1.46. The normalized spacial score (nSPS) is 9.74. The molecule has 0 atom stereocenters. The topological polar surface area (TPSA) is 50.1 Å². The molecular weight excluding hydrogens is 285 g/mol. The van der Waals surface area contributed by atoms with E-state index in [2.05, 4.69) is 0 Å². The van der Waals surface area contributed by atoms with E-state index in [1.807, 2.05) is 6.07 Å². The zero-order chi connectivity index (χ0) is 13.8. The number of halogens is 2. The number of rotatable bonds is 3. The van der Waals surface area contributed by atoms with Gasteiger partial charge in [-0.2, -0.15) is 5.26 Å². The highest BCUT2D eigenvalue weighted by Gasteiger charge is 2.07. The van der Waals surface area contributed by atoms with Gasteiger partial charge in [0.05, 0.1) is 27.2 Å². The van der Waals surface area contributed by atoms with Crippen molar-refractivity contribution < 1.29 is 9.53 Å². The lowest BCUT2D eigenvalue weighted by atomic mass is 10.1. The average molecular weight is 292 g/mol. The SMILES string of the molecule is N#Cc1ccc(C=O)c(Oc2ccc(Cl)c(Cl)c2)c1. The molecule has 19 heavy (non-hydrogen) atoms. The van der Waals surface area contributed by atoms with Crippen LogP contribution in [0.4, 0.5) is 0 Å². The van der Waals surface area contributed by atoms with Crippen molar-refractivity contribution >= 4 is 29.5 Å². The van der Waals surface area contributed by atoms with E-state index >= 15 is 0 Å². The first-order valence-corrected chi connectivity index (χ1v) is 6.02. The van der Waals surface area contributed by atoms with Crippen molar-refractivity contribution in [2.45, 2.75) is 0 Å². The van der Waals surface area contributed by atoms with E-state index in [4.69, 9.17) is 33.2 Å². The van der Waals surface area contributed by atoms with Gasteiger partial charge in [0.2, 0.25) is 0 Å². The Balaban J connectivity index is 2.39. The molecule has 2 aromatic rings. The van der Waals surface area contributed by atoms with Crippen LogP contribution in [0.3, 0.4) is 0 Å². The van der Waals surface area contributed by atoms with Gasteiger partial charge in [-0.1, -0.05) is 23.2 Å². The van der Waals surface area contributed by atoms with E-state index in [-0.39, 0.29) is 0 Å². The average Bonchev–Trinajstić information content (AvgIpc) is 2.43. The molecule has 0 aliphatic rings. The number of hydrogen-bond acceptors (Lipinski definition) is 3. The van der Waals surface area contributed by atoms with Crippen LogP contribution in [0.2, 0.25) is 10.0 Å². The summed E-state index contributed by atoms with van der Waals surface area (Å²) in [4.78, 5) is 10.9. The summed E-state index contributed by atoms with van der Waals surface area (Å²) in [5.41, 5.74) is 0.755. The molecule has 0 saturated heterocycles. The Morgan fingerprint density at radius 2 is 1.89 bits per heavy atom. The predicted octanol–water partition coefficient (Wildman–Crippen LogP) is 4.47. The molecule has 0 aliphatic heterocycles. The summed E-state index contributed by atoms with van der Waals surface area (Å²) >= 11 is 11.7. The number of hydrogen-bond donors (Lipinski definition) is 0. The van der Waals surface area contributed by atoms with E-state index in [1.54, 1.807) is 18.2 Å². The van der Waals surface area contributed by atoms with Crippen LogP contribution in [-0.2, 0) is 0 Å². The molecule has 94 valence electrons. The molecule has 0 radical (unpaired) electrons. The maximum atomic E-state index is 10.9. The number of carbonyl (C=O) groups is 1. The highest BCUT2D eigenvalue weighted by atomic mass is 35.5. The molecule has 0 bridgehead atoms. The first kappa shape index (κ1) is 13.4. The van der Waals surface area contributed by atoms with Gasteiger partial charge in [0.25, 0.3) is 0 Å². The Morgan fingerprint density at radius 1 is 1.11 bits per heavy atom. The largest absolute Gasteiger partial charge is 0.457 e. The number of nitriles is 1. The quantitative estimate of drug-likeness (QED) is 0.784. The van der Waals surface area contributed by atoms with Crippen molar-refractivity contribution in [2.75, 3.05) is 0 Å². The van der Waals surface area contributed by atoms with Crippen molar-refractivity contribution in [1.82, 2.24) is 0 Å².